The minimum Gasteiger partial charge on any atom is -0.477 e. The van der Waals surface area contributed by atoms with Crippen LogP contribution in [0.1, 0.15) is 21.7 Å². The molecule has 3 heterocycles. The van der Waals surface area contributed by atoms with Crippen LogP contribution in [0.15, 0.2) is 43.0 Å². The Balaban J connectivity index is 1.94. The van der Waals surface area contributed by atoms with Gasteiger partial charge in [0.25, 0.3) is 0 Å². The van der Waals surface area contributed by atoms with Crippen molar-refractivity contribution in [3.05, 3.63) is 59.9 Å². The number of fused-ring (bicyclic) bond motifs is 1. The van der Waals surface area contributed by atoms with E-state index in [1.165, 1.54) is 12.4 Å². The molecule has 0 aliphatic rings. The lowest BCUT2D eigenvalue weighted by molar-refractivity contribution is 0.0690. The normalized spacial score (nSPS) is 11.2. The molecule has 0 radical (unpaired) electrons. The van der Waals surface area contributed by atoms with E-state index >= 15 is 0 Å². The third-order valence-corrected chi connectivity index (χ3v) is 2.80. The van der Waals surface area contributed by atoms with E-state index in [1.54, 1.807) is 16.8 Å². The Bertz CT molecular complexity index is 808. The number of pyridine rings is 1. The first-order valence-corrected chi connectivity index (χ1v) is 5.90. The first-order valence-electron chi connectivity index (χ1n) is 5.90. The molecule has 0 aliphatic carbocycles. The van der Waals surface area contributed by atoms with Gasteiger partial charge in [0.15, 0.2) is 5.69 Å². The van der Waals surface area contributed by atoms with Gasteiger partial charge in [-0.1, -0.05) is 6.07 Å². The molecular formula is C14H10N4O2. The zero-order chi connectivity index (χ0) is 13.9. The van der Waals surface area contributed by atoms with Gasteiger partial charge in [-0.15, -0.1) is 0 Å². The summed E-state index contributed by atoms with van der Waals surface area (Å²) in [6.07, 6.45) is 8.42. The summed E-state index contributed by atoms with van der Waals surface area (Å²) in [5.74, 6) is -1.07. The minimum atomic E-state index is -1.07. The Kier molecular flexibility index (Phi) is 2.96. The van der Waals surface area contributed by atoms with E-state index in [9.17, 15) is 4.79 Å². The minimum absolute atomic E-state index is 0.0282. The zero-order valence-corrected chi connectivity index (χ0v) is 10.3. The molecule has 3 aromatic rings. The van der Waals surface area contributed by atoms with Gasteiger partial charge in [-0.3, -0.25) is 0 Å². The van der Waals surface area contributed by atoms with Crippen molar-refractivity contribution in [1.82, 2.24) is 19.6 Å². The van der Waals surface area contributed by atoms with Gasteiger partial charge < -0.3 is 5.11 Å². The molecule has 6 heteroatoms. The molecule has 0 saturated heterocycles. The van der Waals surface area contributed by atoms with Crippen LogP contribution in [0.2, 0.25) is 0 Å². The molecule has 98 valence electrons. The predicted molar refractivity (Wildman–Crippen MR) is 73.1 cm³/mol. The van der Waals surface area contributed by atoms with Crippen LogP contribution in [0.4, 0.5) is 0 Å². The SMILES string of the molecule is O=C(O)c1cc(C=Cc2cnn3ccccc23)ncn1. The highest BCUT2D eigenvalue weighted by Crippen LogP contribution is 2.13. The Morgan fingerprint density at radius 3 is 3.00 bits per heavy atom. The second-order valence-electron chi connectivity index (χ2n) is 4.10. The highest BCUT2D eigenvalue weighted by molar-refractivity contribution is 5.86. The molecular weight excluding hydrogens is 256 g/mol. The van der Waals surface area contributed by atoms with Crippen LogP contribution in [0, 0.1) is 0 Å². The van der Waals surface area contributed by atoms with Gasteiger partial charge >= 0.3 is 5.97 Å². The molecule has 0 spiro atoms. The number of hydrogen-bond acceptors (Lipinski definition) is 4. The van der Waals surface area contributed by atoms with Gasteiger partial charge in [-0.05, 0) is 30.4 Å². The standard InChI is InChI=1S/C14H10N4O2/c19-14(20)12-7-11(15-9-16-12)5-4-10-8-17-18-6-2-1-3-13(10)18/h1-9H,(H,19,20). The van der Waals surface area contributed by atoms with Gasteiger partial charge in [0.2, 0.25) is 0 Å². The summed E-state index contributed by atoms with van der Waals surface area (Å²) >= 11 is 0. The first-order chi connectivity index (χ1) is 9.74. The molecule has 1 N–H and O–H groups in total. The summed E-state index contributed by atoms with van der Waals surface area (Å²) in [6.45, 7) is 0. The van der Waals surface area contributed by atoms with E-state index in [0.29, 0.717) is 5.69 Å². The highest BCUT2D eigenvalue weighted by atomic mass is 16.4. The summed E-state index contributed by atoms with van der Waals surface area (Å²) in [5.41, 5.74) is 2.41. The number of nitrogens with zero attached hydrogens (tertiary/aromatic N) is 4. The molecule has 6 nitrogen and oxygen atoms in total. The zero-order valence-electron chi connectivity index (χ0n) is 10.3. The van der Waals surface area contributed by atoms with Crippen molar-refractivity contribution in [2.45, 2.75) is 0 Å². The average Bonchev–Trinajstić information content (AvgIpc) is 2.89. The maximum absolute atomic E-state index is 10.8. The fourth-order valence-electron chi connectivity index (χ4n) is 1.84. The number of carbonyl (C=O) groups is 1. The molecule has 0 aromatic carbocycles. The topological polar surface area (TPSA) is 80.4 Å². The lowest BCUT2D eigenvalue weighted by Gasteiger charge is -1.95. The van der Waals surface area contributed by atoms with Crippen LogP contribution in [0.25, 0.3) is 17.7 Å². The van der Waals surface area contributed by atoms with Crippen molar-refractivity contribution in [3.63, 3.8) is 0 Å². The summed E-state index contributed by atoms with van der Waals surface area (Å²) < 4.78 is 1.77. The monoisotopic (exact) mass is 266 g/mol. The summed E-state index contributed by atoms with van der Waals surface area (Å²) in [7, 11) is 0. The third kappa shape index (κ3) is 2.26. The predicted octanol–water partition coefficient (Wildman–Crippen LogP) is 1.99. The Morgan fingerprint density at radius 1 is 1.25 bits per heavy atom. The van der Waals surface area contributed by atoms with Crippen molar-refractivity contribution in [2.24, 2.45) is 0 Å². The quantitative estimate of drug-likeness (QED) is 0.784. The lowest BCUT2D eigenvalue weighted by Crippen LogP contribution is -2.00. The molecule has 0 bridgehead atoms. The number of aromatic carboxylic acids is 1. The fourth-order valence-corrected chi connectivity index (χ4v) is 1.84. The molecule has 3 rings (SSSR count). The molecule has 0 amide bonds. The van der Waals surface area contributed by atoms with Crippen LogP contribution in [-0.2, 0) is 0 Å². The maximum atomic E-state index is 10.8. The largest absolute Gasteiger partial charge is 0.477 e. The molecule has 3 aromatic heterocycles. The van der Waals surface area contributed by atoms with E-state index in [4.69, 9.17) is 5.11 Å². The molecule has 0 saturated carbocycles. The second-order valence-corrected chi connectivity index (χ2v) is 4.10. The number of hydrogen-bond donors (Lipinski definition) is 1. The highest BCUT2D eigenvalue weighted by Gasteiger charge is 2.04. The van der Waals surface area contributed by atoms with Crippen molar-refractivity contribution in [2.75, 3.05) is 0 Å². The molecule has 0 atom stereocenters. The van der Waals surface area contributed by atoms with E-state index in [1.807, 2.05) is 30.5 Å². The molecule has 0 fully saturated rings. The molecule has 20 heavy (non-hydrogen) atoms. The number of carboxylic acid groups (broad SMARTS) is 1. The summed E-state index contributed by atoms with van der Waals surface area (Å²) in [4.78, 5) is 18.5. The van der Waals surface area contributed by atoms with Crippen molar-refractivity contribution < 1.29 is 9.90 Å². The number of carboxylic acids is 1. The number of rotatable bonds is 3. The van der Waals surface area contributed by atoms with Crippen LogP contribution in [0.3, 0.4) is 0 Å². The van der Waals surface area contributed by atoms with Crippen molar-refractivity contribution >= 4 is 23.6 Å². The Hall–Kier alpha value is -3.02. The van der Waals surface area contributed by atoms with Crippen LogP contribution >= 0.6 is 0 Å². The van der Waals surface area contributed by atoms with Crippen LogP contribution in [-0.4, -0.2) is 30.7 Å². The van der Waals surface area contributed by atoms with E-state index < -0.39 is 5.97 Å². The van der Waals surface area contributed by atoms with Gasteiger partial charge in [0.1, 0.15) is 6.33 Å². The van der Waals surface area contributed by atoms with E-state index in [0.717, 1.165) is 11.1 Å². The van der Waals surface area contributed by atoms with Crippen LogP contribution < -0.4 is 0 Å². The average molecular weight is 266 g/mol. The second kappa shape index (κ2) is 4.93. The lowest BCUT2D eigenvalue weighted by atomic mass is 10.2. The van der Waals surface area contributed by atoms with Crippen LogP contribution in [0.5, 0.6) is 0 Å². The maximum Gasteiger partial charge on any atom is 0.354 e. The summed E-state index contributed by atoms with van der Waals surface area (Å²) in [6, 6.07) is 7.21. The molecule has 0 aliphatic heterocycles. The van der Waals surface area contributed by atoms with E-state index in [-0.39, 0.29) is 5.69 Å². The number of aromatic nitrogens is 4. The first kappa shape index (κ1) is 12.0. The van der Waals surface area contributed by atoms with Crippen molar-refractivity contribution in [1.29, 1.82) is 0 Å². The third-order valence-electron chi connectivity index (χ3n) is 2.80. The van der Waals surface area contributed by atoms with Gasteiger partial charge in [0, 0.05) is 11.8 Å². The van der Waals surface area contributed by atoms with Gasteiger partial charge in [0.05, 0.1) is 17.4 Å². The van der Waals surface area contributed by atoms with E-state index in [2.05, 4.69) is 15.1 Å². The van der Waals surface area contributed by atoms with Gasteiger partial charge in [-0.25, -0.2) is 19.3 Å². The Labute approximate surface area is 114 Å². The fraction of sp³-hybridized carbons (Fsp3) is 0. The smallest absolute Gasteiger partial charge is 0.354 e. The molecule has 0 unspecified atom stereocenters. The van der Waals surface area contributed by atoms with Crippen molar-refractivity contribution in [3.8, 4) is 0 Å². The van der Waals surface area contributed by atoms with Gasteiger partial charge in [-0.2, -0.15) is 5.10 Å². The summed E-state index contributed by atoms with van der Waals surface area (Å²) in [5, 5.41) is 13.1. The Morgan fingerprint density at radius 2 is 2.15 bits per heavy atom.